The van der Waals surface area contributed by atoms with Crippen molar-refractivity contribution >= 4 is 21.8 Å². The number of hydrogen-bond acceptors (Lipinski definition) is 4. The first-order valence-corrected chi connectivity index (χ1v) is 10.4. The van der Waals surface area contributed by atoms with Crippen molar-refractivity contribution in [1.82, 2.24) is 14.7 Å². The summed E-state index contributed by atoms with van der Waals surface area (Å²) in [5.41, 5.74) is -0.820. The van der Waals surface area contributed by atoms with E-state index in [4.69, 9.17) is 0 Å². The number of nitrogens with zero attached hydrogens (tertiary/aromatic N) is 3. The summed E-state index contributed by atoms with van der Waals surface area (Å²) < 4.78 is 23.2. The van der Waals surface area contributed by atoms with E-state index in [1.807, 2.05) is 18.7 Å². The molecule has 0 aromatic heterocycles. The van der Waals surface area contributed by atoms with Gasteiger partial charge in [-0.05, 0) is 32.1 Å². The van der Waals surface area contributed by atoms with E-state index in [-0.39, 0.29) is 29.5 Å². The summed E-state index contributed by atoms with van der Waals surface area (Å²) in [6.45, 7) is 5.38. The van der Waals surface area contributed by atoms with E-state index in [1.165, 1.54) is 6.26 Å². The largest absolute Gasteiger partial charge is 0.334 e. The molecular formula is C16H29N3O4S. The fourth-order valence-electron chi connectivity index (χ4n) is 3.58. The van der Waals surface area contributed by atoms with E-state index in [1.54, 1.807) is 23.9 Å². The van der Waals surface area contributed by atoms with Crippen molar-refractivity contribution in [3.05, 3.63) is 0 Å². The summed E-state index contributed by atoms with van der Waals surface area (Å²) in [6.07, 6.45) is 3.11. The maximum Gasteiger partial charge on any atom is 0.319 e. The Morgan fingerprint density at radius 3 is 2.12 bits per heavy atom. The molecule has 1 heterocycles. The van der Waals surface area contributed by atoms with Gasteiger partial charge in [0.25, 0.3) is 0 Å². The fraction of sp³-hybridized carbons (Fsp3) is 0.875. The Morgan fingerprint density at radius 2 is 1.71 bits per heavy atom. The maximum atomic E-state index is 12.8. The van der Waals surface area contributed by atoms with Crippen molar-refractivity contribution in [3.63, 3.8) is 0 Å². The highest BCUT2D eigenvalue weighted by molar-refractivity contribution is 7.90. The van der Waals surface area contributed by atoms with Crippen LogP contribution in [0.4, 0.5) is 4.79 Å². The summed E-state index contributed by atoms with van der Waals surface area (Å²) in [7, 11) is 0.351. The fourth-order valence-corrected chi connectivity index (χ4v) is 5.09. The number of carbonyl (C=O) groups is 2. The topological polar surface area (TPSA) is 78.0 Å². The van der Waals surface area contributed by atoms with Crippen molar-refractivity contribution < 1.29 is 18.0 Å². The Kier molecular flexibility index (Phi) is 4.92. The van der Waals surface area contributed by atoms with Crippen molar-refractivity contribution in [2.24, 2.45) is 5.41 Å². The van der Waals surface area contributed by atoms with Gasteiger partial charge in [0.2, 0.25) is 5.91 Å². The highest BCUT2D eigenvalue weighted by Crippen LogP contribution is 2.50. The number of carbonyl (C=O) groups excluding carboxylic acids is 2. The van der Waals surface area contributed by atoms with Crippen LogP contribution in [0.3, 0.4) is 0 Å². The van der Waals surface area contributed by atoms with Gasteiger partial charge >= 0.3 is 6.03 Å². The molecule has 2 aliphatic rings. The van der Waals surface area contributed by atoms with Crippen LogP contribution in [0.1, 0.15) is 33.1 Å². The third kappa shape index (κ3) is 4.40. The summed E-state index contributed by atoms with van der Waals surface area (Å²) in [5.74, 6) is 0.0868. The monoisotopic (exact) mass is 359 g/mol. The zero-order chi connectivity index (χ0) is 18.3. The van der Waals surface area contributed by atoms with Crippen molar-refractivity contribution in [2.45, 2.75) is 38.6 Å². The summed E-state index contributed by atoms with van der Waals surface area (Å²) in [4.78, 5) is 30.0. The minimum Gasteiger partial charge on any atom is -0.334 e. The van der Waals surface area contributed by atoms with Crippen LogP contribution >= 0.6 is 0 Å². The van der Waals surface area contributed by atoms with E-state index in [0.717, 1.165) is 12.8 Å². The second-order valence-electron chi connectivity index (χ2n) is 8.20. The summed E-state index contributed by atoms with van der Waals surface area (Å²) >= 11 is 0. The van der Waals surface area contributed by atoms with Gasteiger partial charge in [0, 0.05) is 46.4 Å². The van der Waals surface area contributed by atoms with Crippen LogP contribution in [0.25, 0.3) is 0 Å². The molecule has 0 aromatic carbocycles. The average Bonchev–Trinajstić information content (AvgIpc) is 3.12. The normalized spacial score (nSPS) is 22.2. The first-order valence-electron chi connectivity index (χ1n) is 8.30. The van der Waals surface area contributed by atoms with Gasteiger partial charge in [-0.2, -0.15) is 0 Å². The molecule has 2 rings (SSSR count). The Bertz CT molecular complexity index is 623. The lowest BCUT2D eigenvalue weighted by Crippen LogP contribution is -2.63. The molecule has 1 aliphatic carbocycles. The SMILES string of the molecule is CN(C)C(=O)N1CCN(C(=O)CC2(CS(C)(=O)=O)CC2)C(C)(C)C1. The number of sulfone groups is 1. The Balaban J connectivity index is 2.02. The van der Waals surface area contributed by atoms with Gasteiger partial charge < -0.3 is 14.7 Å². The molecule has 1 saturated carbocycles. The minimum atomic E-state index is -3.08. The molecule has 1 aliphatic heterocycles. The molecule has 0 bridgehead atoms. The van der Waals surface area contributed by atoms with Gasteiger partial charge in [0.1, 0.15) is 9.84 Å². The predicted octanol–water partition coefficient (Wildman–Crippen LogP) is 0.806. The molecule has 0 spiro atoms. The average molecular weight is 359 g/mol. The zero-order valence-corrected chi connectivity index (χ0v) is 16.1. The molecule has 24 heavy (non-hydrogen) atoms. The molecule has 2 fully saturated rings. The second-order valence-corrected chi connectivity index (χ2v) is 10.3. The number of rotatable bonds is 4. The second kappa shape index (κ2) is 6.20. The van der Waals surface area contributed by atoms with Gasteiger partial charge in [0.05, 0.1) is 11.3 Å². The summed E-state index contributed by atoms with van der Waals surface area (Å²) in [5, 5.41) is 0. The van der Waals surface area contributed by atoms with Crippen molar-refractivity contribution in [3.8, 4) is 0 Å². The number of piperazine rings is 1. The lowest BCUT2D eigenvalue weighted by Gasteiger charge is -2.47. The third-order valence-corrected chi connectivity index (χ3v) is 6.04. The van der Waals surface area contributed by atoms with Crippen LogP contribution < -0.4 is 0 Å². The highest BCUT2D eigenvalue weighted by atomic mass is 32.2. The molecule has 0 unspecified atom stereocenters. The minimum absolute atomic E-state index is 0.00176. The zero-order valence-electron chi connectivity index (χ0n) is 15.3. The molecule has 0 aromatic rings. The highest BCUT2D eigenvalue weighted by Gasteiger charge is 2.49. The molecule has 8 heteroatoms. The molecule has 0 atom stereocenters. The molecule has 3 amide bonds. The third-order valence-electron chi connectivity index (χ3n) is 4.91. The Labute approximate surface area is 144 Å². The van der Waals surface area contributed by atoms with E-state index in [2.05, 4.69) is 0 Å². The molecule has 138 valence electrons. The van der Waals surface area contributed by atoms with E-state index < -0.39 is 15.4 Å². The van der Waals surface area contributed by atoms with Gasteiger partial charge in [-0.1, -0.05) is 0 Å². The molecule has 7 nitrogen and oxygen atoms in total. The van der Waals surface area contributed by atoms with Crippen LogP contribution in [0.5, 0.6) is 0 Å². The van der Waals surface area contributed by atoms with E-state index in [0.29, 0.717) is 19.6 Å². The molecular weight excluding hydrogens is 330 g/mol. The van der Waals surface area contributed by atoms with Gasteiger partial charge in [-0.25, -0.2) is 13.2 Å². The number of amides is 3. The van der Waals surface area contributed by atoms with E-state index >= 15 is 0 Å². The van der Waals surface area contributed by atoms with Crippen LogP contribution in [0, 0.1) is 5.41 Å². The van der Waals surface area contributed by atoms with Crippen LogP contribution in [-0.4, -0.2) is 86.3 Å². The first kappa shape index (κ1) is 19.0. The lowest BCUT2D eigenvalue weighted by molar-refractivity contribution is -0.140. The Hall–Kier alpha value is -1.31. The lowest BCUT2D eigenvalue weighted by atomic mass is 9.96. The van der Waals surface area contributed by atoms with Crippen LogP contribution in [0.2, 0.25) is 0 Å². The number of hydrogen-bond donors (Lipinski definition) is 0. The van der Waals surface area contributed by atoms with Gasteiger partial charge in [-0.3, -0.25) is 4.79 Å². The predicted molar refractivity (Wildman–Crippen MR) is 92.4 cm³/mol. The summed E-state index contributed by atoms with van der Waals surface area (Å²) in [6, 6.07) is -0.0501. The van der Waals surface area contributed by atoms with Crippen molar-refractivity contribution in [1.29, 1.82) is 0 Å². The quantitative estimate of drug-likeness (QED) is 0.744. The number of urea groups is 1. The van der Waals surface area contributed by atoms with Gasteiger partial charge in [-0.15, -0.1) is 0 Å². The molecule has 1 saturated heterocycles. The first-order chi connectivity index (χ1) is 10.9. The van der Waals surface area contributed by atoms with E-state index in [9.17, 15) is 18.0 Å². The standard InChI is InChI=1S/C16H29N3O4S/c1-15(2)11-18(14(21)17(3)4)8-9-19(15)13(20)10-16(6-7-16)12-24(5,22)23/h6-12H2,1-5H3. The maximum absolute atomic E-state index is 12.8. The molecule has 0 N–H and O–H groups in total. The van der Waals surface area contributed by atoms with Crippen molar-refractivity contribution in [2.75, 3.05) is 45.7 Å². The van der Waals surface area contributed by atoms with Crippen LogP contribution in [-0.2, 0) is 14.6 Å². The molecule has 0 radical (unpaired) electrons. The van der Waals surface area contributed by atoms with Crippen LogP contribution in [0.15, 0.2) is 0 Å². The van der Waals surface area contributed by atoms with Gasteiger partial charge in [0.15, 0.2) is 0 Å². The Morgan fingerprint density at radius 1 is 1.12 bits per heavy atom. The smallest absolute Gasteiger partial charge is 0.319 e.